The number of hydrogen-bond donors (Lipinski definition) is 1. The van der Waals surface area contributed by atoms with E-state index in [9.17, 15) is 10.1 Å². The van der Waals surface area contributed by atoms with Gasteiger partial charge >= 0.3 is 0 Å². The average molecular weight is 283 g/mol. The summed E-state index contributed by atoms with van der Waals surface area (Å²) in [6.07, 6.45) is 0. The lowest BCUT2D eigenvalue weighted by Gasteiger charge is -2.07. The Bertz CT molecular complexity index is 602. The molecule has 2 aromatic carbocycles. The molecule has 0 aliphatic rings. The maximum absolute atomic E-state index is 10.9. The second-order valence-electron chi connectivity index (χ2n) is 3.55. The first-order valence-electron chi connectivity index (χ1n) is 5.03. The zero-order valence-corrected chi connectivity index (χ0v) is 10.6. The first-order valence-corrected chi connectivity index (χ1v) is 5.78. The van der Waals surface area contributed by atoms with Crippen LogP contribution in [0, 0.1) is 10.1 Å². The Morgan fingerprint density at radius 3 is 2.44 bits per heavy atom. The fourth-order valence-corrected chi connectivity index (χ4v) is 1.85. The predicted octanol–water partition coefficient (Wildman–Crippen LogP) is 4.65. The number of anilines is 2. The van der Waals surface area contributed by atoms with Gasteiger partial charge in [0.2, 0.25) is 0 Å². The first-order chi connectivity index (χ1) is 8.56. The molecule has 6 heteroatoms. The van der Waals surface area contributed by atoms with E-state index in [1.807, 2.05) is 0 Å². The molecule has 0 unspecified atom stereocenters. The number of nitrogens with zero attached hydrogens (tertiary/aromatic N) is 1. The molecular weight excluding hydrogens is 275 g/mol. The predicted molar refractivity (Wildman–Crippen MR) is 72.8 cm³/mol. The first kappa shape index (κ1) is 12.7. The van der Waals surface area contributed by atoms with Crippen molar-refractivity contribution in [2.75, 3.05) is 5.32 Å². The molecule has 1 N–H and O–H groups in total. The second kappa shape index (κ2) is 5.25. The highest BCUT2D eigenvalue weighted by Gasteiger charge is 2.13. The SMILES string of the molecule is O=[N+]([O-])c1ccc(Cl)cc1Nc1cccc(Cl)c1. The Labute approximate surface area is 113 Å². The average Bonchev–Trinajstić information content (AvgIpc) is 2.28. The molecular formula is C12H8Cl2N2O2. The molecule has 2 aromatic rings. The van der Waals surface area contributed by atoms with Crippen LogP contribution in [-0.2, 0) is 0 Å². The highest BCUT2D eigenvalue weighted by atomic mass is 35.5. The Morgan fingerprint density at radius 2 is 1.78 bits per heavy atom. The molecule has 0 aliphatic carbocycles. The van der Waals surface area contributed by atoms with Crippen LogP contribution < -0.4 is 5.32 Å². The fraction of sp³-hybridized carbons (Fsp3) is 0. The molecule has 0 aromatic heterocycles. The summed E-state index contributed by atoms with van der Waals surface area (Å²) in [5.74, 6) is 0. The number of nitro benzene ring substituents is 1. The number of nitrogens with one attached hydrogen (secondary N) is 1. The van der Waals surface area contributed by atoms with Gasteiger partial charge in [-0.15, -0.1) is 0 Å². The van der Waals surface area contributed by atoms with E-state index in [2.05, 4.69) is 5.32 Å². The summed E-state index contributed by atoms with van der Waals surface area (Å²) in [6, 6.07) is 11.2. The van der Waals surface area contributed by atoms with Crippen LogP contribution in [0.4, 0.5) is 17.1 Å². The van der Waals surface area contributed by atoms with Gasteiger partial charge in [-0.2, -0.15) is 0 Å². The van der Waals surface area contributed by atoms with Crippen LogP contribution in [0.2, 0.25) is 10.0 Å². The van der Waals surface area contributed by atoms with E-state index < -0.39 is 4.92 Å². The third-order valence-corrected chi connectivity index (χ3v) is 2.73. The second-order valence-corrected chi connectivity index (χ2v) is 4.43. The highest BCUT2D eigenvalue weighted by molar-refractivity contribution is 6.31. The quantitative estimate of drug-likeness (QED) is 0.659. The van der Waals surface area contributed by atoms with Gasteiger partial charge in [0.05, 0.1) is 4.92 Å². The van der Waals surface area contributed by atoms with Crippen molar-refractivity contribution in [3.8, 4) is 0 Å². The molecule has 0 spiro atoms. The summed E-state index contributed by atoms with van der Waals surface area (Å²) in [5, 5.41) is 14.8. The molecule has 2 rings (SSSR count). The molecule has 0 fully saturated rings. The van der Waals surface area contributed by atoms with Crippen molar-refractivity contribution in [2.24, 2.45) is 0 Å². The largest absolute Gasteiger partial charge is 0.350 e. The highest BCUT2D eigenvalue weighted by Crippen LogP contribution is 2.30. The summed E-state index contributed by atoms with van der Waals surface area (Å²) in [5.41, 5.74) is 0.946. The van der Waals surface area contributed by atoms with Gasteiger partial charge in [0.1, 0.15) is 5.69 Å². The molecule has 0 radical (unpaired) electrons. The molecule has 0 bridgehead atoms. The standard InChI is InChI=1S/C12H8Cl2N2O2/c13-8-2-1-3-10(6-8)15-11-7-9(14)4-5-12(11)16(17)18/h1-7,15H. The van der Waals surface area contributed by atoms with E-state index in [1.54, 1.807) is 24.3 Å². The molecule has 92 valence electrons. The number of nitro groups is 1. The smallest absolute Gasteiger partial charge is 0.292 e. The van der Waals surface area contributed by atoms with E-state index in [0.29, 0.717) is 21.4 Å². The van der Waals surface area contributed by atoms with E-state index in [1.165, 1.54) is 18.2 Å². The van der Waals surface area contributed by atoms with Crippen molar-refractivity contribution < 1.29 is 4.92 Å². The number of hydrogen-bond acceptors (Lipinski definition) is 3. The van der Waals surface area contributed by atoms with Crippen molar-refractivity contribution in [1.82, 2.24) is 0 Å². The van der Waals surface area contributed by atoms with Crippen LogP contribution in [0.25, 0.3) is 0 Å². The van der Waals surface area contributed by atoms with Crippen LogP contribution in [0.5, 0.6) is 0 Å². The lowest BCUT2D eigenvalue weighted by atomic mass is 10.2. The Kier molecular flexibility index (Phi) is 3.69. The summed E-state index contributed by atoms with van der Waals surface area (Å²) >= 11 is 11.7. The van der Waals surface area contributed by atoms with Crippen LogP contribution in [0.15, 0.2) is 42.5 Å². The van der Waals surface area contributed by atoms with Gasteiger partial charge in [0.25, 0.3) is 5.69 Å². The van der Waals surface area contributed by atoms with Gasteiger partial charge in [0.15, 0.2) is 0 Å². The maximum atomic E-state index is 10.9. The minimum Gasteiger partial charge on any atom is -0.350 e. The van der Waals surface area contributed by atoms with Crippen molar-refractivity contribution in [2.45, 2.75) is 0 Å². The lowest BCUT2D eigenvalue weighted by Crippen LogP contribution is -1.96. The zero-order valence-electron chi connectivity index (χ0n) is 9.06. The van der Waals surface area contributed by atoms with Crippen LogP contribution >= 0.6 is 23.2 Å². The molecule has 4 nitrogen and oxygen atoms in total. The summed E-state index contributed by atoms with van der Waals surface area (Å²) < 4.78 is 0. The topological polar surface area (TPSA) is 55.2 Å². The molecule has 18 heavy (non-hydrogen) atoms. The molecule has 0 amide bonds. The summed E-state index contributed by atoms with van der Waals surface area (Å²) in [4.78, 5) is 10.4. The van der Waals surface area contributed by atoms with Crippen LogP contribution in [-0.4, -0.2) is 4.92 Å². The van der Waals surface area contributed by atoms with Gasteiger partial charge in [-0.1, -0.05) is 29.3 Å². The monoisotopic (exact) mass is 282 g/mol. The van der Waals surface area contributed by atoms with E-state index in [4.69, 9.17) is 23.2 Å². The summed E-state index contributed by atoms with van der Waals surface area (Å²) in [6.45, 7) is 0. The van der Waals surface area contributed by atoms with Crippen LogP contribution in [0.3, 0.4) is 0 Å². The molecule has 0 heterocycles. The molecule has 0 saturated heterocycles. The van der Waals surface area contributed by atoms with Gasteiger partial charge in [-0.3, -0.25) is 10.1 Å². The third kappa shape index (κ3) is 2.91. The minimum atomic E-state index is -0.469. The number of halogens is 2. The minimum absolute atomic E-state index is 0.0422. The van der Waals surface area contributed by atoms with Gasteiger partial charge < -0.3 is 5.32 Å². The molecule has 0 aliphatic heterocycles. The van der Waals surface area contributed by atoms with Crippen molar-refractivity contribution in [1.29, 1.82) is 0 Å². The van der Waals surface area contributed by atoms with Crippen LogP contribution in [0.1, 0.15) is 0 Å². The maximum Gasteiger partial charge on any atom is 0.292 e. The van der Waals surface area contributed by atoms with E-state index in [0.717, 1.165) is 0 Å². The number of benzene rings is 2. The summed E-state index contributed by atoms with van der Waals surface area (Å²) in [7, 11) is 0. The van der Waals surface area contributed by atoms with Crippen molar-refractivity contribution >= 4 is 40.3 Å². The Morgan fingerprint density at radius 1 is 1.06 bits per heavy atom. The zero-order chi connectivity index (χ0) is 13.1. The van der Waals surface area contributed by atoms with E-state index >= 15 is 0 Å². The van der Waals surface area contributed by atoms with Crippen molar-refractivity contribution in [3.63, 3.8) is 0 Å². The van der Waals surface area contributed by atoms with Gasteiger partial charge in [-0.25, -0.2) is 0 Å². The third-order valence-electron chi connectivity index (χ3n) is 2.26. The van der Waals surface area contributed by atoms with Gasteiger partial charge in [0, 0.05) is 21.8 Å². The molecule has 0 saturated carbocycles. The van der Waals surface area contributed by atoms with E-state index in [-0.39, 0.29) is 5.69 Å². The normalized spacial score (nSPS) is 10.1. The van der Waals surface area contributed by atoms with Crippen molar-refractivity contribution in [3.05, 3.63) is 62.6 Å². The fourth-order valence-electron chi connectivity index (χ4n) is 1.49. The molecule has 0 atom stereocenters. The Balaban J connectivity index is 2.39. The number of rotatable bonds is 3. The lowest BCUT2D eigenvalue weighted by molar-refractivity contribution is -0.383. The Hall–Kier alpha value is -1.78. The van der Waals surface area contributed by atoms with Gasteiger partial charge in [-0.05, 0) is 30.3 Å².